The molecule has 2 aliphatic rings. The molecule has 0 radical (unpaired) electrons. The van der Waals surface area contributed by atoms with Crippen molar-refractivity contribution in [3.63, 3.8) is 0 Å². The Labute approximate surface area is 106 Å². The molecule has 0 aromatic carbocycles. The molecule has 3 nitrogen and oxygen atoms in total. The van der Waals surface area contributed by atoms with Gasteiger partial charge in [-0.1, -0.05) is 19.8 Å². The lowest BCUT2D eigenvalue weighted by Crippen LogP contribution is -2.44. The Morgan fingerprint density at radius 1 is 1.29 bits per heavy atom. The van der Waals surface area contributed by atoms with Crippen molar-refractivity contribution in [2.24, 2.45) is 5.41 Å². The quantitative estimate of drug-likeness (QED) is 0.676. The molecule has 0 unspecified atom stereocenters. The van der Waals surface area contributed by atoms with Crippen molar-refractivity contribution < 1.29 is 5.11 Å². The topological polar surface area (TPSA) is 35.5 Å². The number of rotatable bonds is 8. The van der Waals surface area contributed by atoms with Gasteiger partial charge in [-0.3, -0.25) is 4.90 Å². The van der Waals surface area contributed by atoms with Crippen LogP contribution in [-0.4, -0.2) is 48.8 Å². The standard InChI is InChI=1S/C14H28N2O/c1-2-15-11-14(7-3-4-8-14)12-16(9-10-17)13-5-6-13/h13,15,17H,2-12H2,1H3. The fourth-order valence-electron chi connectivity index (χ4n) is 3.30. The number of nitrogens with one attached hydrogen (secondary N) is 1. The molecule has 2 saturated carbocycles. The maximum absolute atomic E-state index is 9.19. The van der Waals surface area contributed by atoms with E-state index >= 15 is 0 Å². The molecule has 0 saturated heterocycles. The lowest BCUT2D eigenvalue weighted by molar-refractivity contribution is 0.118. The van der Waals surface area contributed by atoms with E-state index in [1.54, 1.807) is 0 Å². The zero-order valence-corrected chi connectivity index (χ0v) is 11.2. The zero-order valence-electron chi connectivity index (χ0n) is 11.2. The van der Waals surface area contributed by atoms with Crippen LogP contribution in [0, 0.1) is 5.41 Å². The number of hydrogen-bond acceptors (Lipinski definition) is 3. The molecule has 0 atom stereocenters. The second kappa shape index (κ2) is 6.17. The van der Waals surface area contributed by atoms with Gasteiger partial charge in [-0.15, -0.1) is 0 Å². The normalized spacial score (nSPS) is 23.5. The van der Waals surface area contributed by atoms with Crippen LogP contribution < -0.4 is 5.32 Å². The van der Waals surface area contributed by atoms with Gasteiger partial charge >= 0.3 is 0 Å². The zero-order chi connectivity index (χ0) is 12.1. The second-order valence-corrected chi connectivity index (χ2v) is 5.91. The minimum absolute atomic E-state index is 0.313. The van der Waals surface area contributed by atoms with Gasteiger partial charge in [0.2, 0.25) is 0 Å². The fraction of sp³-hybridized carbons (Fsp3) is 1.00. The highest BCUT2D eigenvalue weighted by molar-refractivity contribution is 4.93. The van der Waals surface area contributed by atoms with Crippen molar-refractivity contribution in [2.75, 3.05) is 32.8 Å². The van der Waals surface area contributed by atoms with Gasteiger partial charge in [0.1, 0.15) is 0 Å². The fourth-order valence-corrected chi connectivity index (χ4v) is 3.30. The molecule has 2 fully saturated rings. The molecule has 0 aromatic rings. The summed E-state index contributed by atoms with van der Waals surface area (Å²) in [5, 5.41) is 12.7. The van der Waals surface area contributed by atoms with Crippen molar-refractivity contribution in [3.05, 3.63) is 0 Å². The highest BCUT2D eigenvalue weighted by Crippen LogP contribution is 2.40. The Balaban J connectivity index is 1.90. The van der Waals surface area contributed by atoms with Crippen molar-refractivity contribution in [3.8, 4) is 0 Å². The van der Waals surface area contributed by atoms with Crippen LogP contribution in [0.25, 0.3) is 0 Å². The van der Waals surface area contributed by atoms with Crippen molar-refractivity contribution in [1.29, 1.82) is 0 Å². The Bertz CT molecular complexity index is 222. The molecule has 3 heteroatoms. The van der Waals surface area contributed by atoms with Crippen LogP contribution >= 0.6 is 0 Å². The summed E-state index contributed by atoms with van der Waals surface area (Å²) in [6, 6.07) is 0.779. The largest absolute Gasteiger partial charge is 0.395 e. The van der Waals surface area contributed by atoms with Crippen LogP contribution in [0.5, 0.6) is 0 Å². The van der Waals surface area contributed by atoms with Crippen LogP contribution in [0.15, 0.2) is 0 Å². The average molecular weight is 240 g/mol. The molecule has 0 spiro atoms. The van der Waals surface area contributed by atoms with Gasteiger partial charge in [-0.2, -0.15) is 0 Å². The Morgan fingerprint density at radius 2 is 2.00 bits per heavy atom. The number of hydrogen-bond donors (Lipinski definition) is 2. The summed E-state index contributed by atoms with van der Waals surface area (Å²) in [5.74, 6) is 0. The van der Waals surface area contributed by atoms with Gasteiger partial charge in [-0.05, 0) is 37.6 Å². The maximum atomic E-state index is 9.19. The summed E-state index contributed by atoms with van der Waals surface area (Å²) in [7, 11) is 0. The number of aliphatic hydroxyl groups is 1. The Kier molecular flexibility index (Phi) is 4.83. The van der Waals surface area contributed by atoms with E-state index in [9.17, 15) is 5.11 Å². The van der Waals surface area contributed by atoms with E-state index in [1.807, 2.05) is 0 Å². The minimum Gasteiger partial charge on any atom is -0.395 e. The molecule has 17 heavy (non-hydrogen) atoms. The molecule has 2 N–H and O–H groups in total. The number of nitrogens with zero attached hydrogens (tertiary/aromatic N) is 1. The molecular weight excluding hydrogens is 212 g/mol. The van der Waals surface area contributed by atoms with Crippen LogP contribution in [0.3, 0.4) is 0 Å². The summed E-state index contributed by atoms with van der Waals surface area (Å²) in [6.45, 7) is 6.82. The summed E-state index contributed by atoms with van der Waals surface area (Å²) in [5.41, 5.74) is 0.494. The Hall–Kier alpha value is -0.120. The molecule has 0 amide bonds. The lowest BCUT2D eigenvalue weighted by atomic mass is 9.85. The monoisotopic (exact) mass is 240 g/mol. The van der Waals surface area contributed by atoms with Gasteiger partial charge in [0.25, 0.3) is 0 Å². The van der Waals surface area contributed by atoms with Crippen molar-refractivity contribution in [1.82, 2.24) is 10.2 Å². The lowest BCUT2D eigenvalue weighted by Gasteiger charge is -2.35. The van der Waals surface area contributed by atoms with Crippen molar-refractivity contribution in [2.45, 2.75) is 51.5 Å². The van der Waals surface area contributed by atoms with E-state index < -0.39 is 0 Å². The third-order valence-electron chi connectivity index (χ3n) is 4.40. The van der Waals surface area contributed by atoms with Gasteiger partial charge in [-0.25, -0.2) is 0 Å². The van der Waals surface area contributed by atoms with E-state index in [0.717, 1.165) is 25.7 Å². The van der Waals surface area contributed by atoms with Gasteiger partial charge in [0, 0.05) is 25.7 Å². The number of aliphatic hydroxyl groups excluding tert-OH is 1. The maximum Gasteiger partial charge on any atom is 0.0558 e. The first-order valence-electron chi connectivity index (χ1n) is 7.35. The summed E-state index contributed by atoms with van der Waals surface area (Å²) >= 11 is 0. The predicted molar refractivity (Wildman–Crippen MR) is 71.1 cm³/mol. The highest BCUT2D eigenvalue weighted by atomic mass is 16.3. The summed E-state index contributed by atoms with van der Waals surface area (Å²) < 4.78 is 0. The van der Waals surface area contributed by atoms with Crippen LogP contribution in [0.2, 0.25) is 0 Å². The molecular formula is C14H28N2O. The van der Waals surface area contributed by atoms with Crippen LogP contribution in [0.1, 0.15) is 45.4 Å². The minimum atomic E-state index is 0.313. The van der Waals surface area contributed by atoms with Crippen LogP contribution in [0.4, 0.5) is 0 Å². The second-order valence-electron chi connectivity index (χ2n) is 5.91. The molecule has 0 aromatic heterocycles. The predicted octanol–water partition coefficient (Wildman–Crippen LogP) is 1.61. The Morgan fingerprint density at radius 3 is 2.53 bits per heavy atom. The molecule has 0 aliphatic heterocycles. The first-order chi connectivity index (χ1) is 8.29. The van der Waals surface area contributed by atoms with Gasteiger partial charge in [0.15, 0.2) is 0 Å². The van der Waals surface area contributed by atoms with E-state index in [2.05, 4.69) is 17.1 Å². The molecule has 2 rings (SSSR count). The molecule has 0 heterocycles. The van der Waals surface area contributed by atoms with E-state index in [4.69, 9.17) is 0 Å². The van der Waals surface area contributed by atoms with Gasteiger partial charge in [0.05, 0.1) is 6.61 Å². The van der Waals surface area contributed by atoms with Crippen molar-refractivity contribution >= 4 is 0 Å². The highest BCUT2D eigenvalue weighted by Gasteiger charge is 2.38. The van der Waals surface area contributed by atoms with Crippen LogP contribution in [-0.2, 0) is 0 Å². The van der Waals surface area contributed by atoms with E-state index in [1.165, 1.54) is 45.1 Å². The molecule has 2 aliphatic carbocycles. The van der Waals surface area contributed by atoms with Gasteiger partial charge < -0.3 is 10.4 Å². The summed E-state index contributed by atoms with van der Waals surface area (Å²) in [6.07, 6.45) is 8.21. The average Bonchev–Trinajstić information content (AvgIpc) is 3.08. The third kappa shape index (κ3) is 3.67. The first-order valence-corrected chi connectivity index (χ1v) is 7.35. The third-order valence-corrected chi connectivity index (χ3v) is 4.40. The summed E-state index contributed by atoms with van der Waals surface area (Å²) in [4.78, 5) is 2.54. The smallest absolute Gasteiger partial charge is 0.0558 e. The first kappa shape index (κ1) is 13.3. The SMILES string of the molecule is CCNCC1(CN(CCO)C2CC2)CCCC1. The molecule has 100 valence electrons. The van der Waals surface area contributed by atoms with E-state index in [-0.39, 0.29) is 0 Å². The molecule has 0 bridgehead atoms. The van der Waals surface area contributed by atoms with E-state index in [0.29, 0.717) is 12.0 Å².